The lowest BCUT2D eigenvalue weighted by Gasteiger charge is -2.38. The van der Waals surface area contributed by atoms with Crippen molar-refractivity contribution in [3.63, 3.8) is 0 Å². The van der Waals surface area contributed by atoms with E-state index < -0.39 is 17.8 Å². The average molecular weight is 456 g/mol. The number of hydrogen-bond donors (Lipinski definition) is 1. The summed E-state index contributed by atoms with van der Waals surface area (Å²) in [7, 11) is 3.08. The van der Waals surface area contributed by atoms with Crippen LogP contribution in [-0.4, -0.2) is 49.1 Å². The largest absolute Gasteiger partial charge is 0.507 e. The molecule has 3 atom stereocenters. The van der Waals surface area contributed by atoms with Gasteiger partial charge in [-0.2, -0.15) is 9.37 Å². The Morgan fingerprint density at radius 3 is 2.67 bits per heavy atom. The maximum absolute atomic E-state index is 14.9. The van der Waals surface area contributed by atoms with Crippen molar-refractivity contribution in [3.8, 4) is 28.4 Å². The van der Waals surface area contributed by atoms with Gasteiger partial charge in [0.1, 0.15) is 11.9 Å². The van der Waals surface area contributed by atoms with Gasteiger partial charge >= 0.3 is 5.69 Å². The Hall–Kier alpha value is -3.43. The zero-order valence-corrected chi connectivity index (χ0v) is 18.7. The van der Waals surface area contributed by atoms with Crippen molar-refractivity contribution < 1.29 is 13.9 Å². The minimum atomic E-state index is -0.930. The summed E-state index contributed by atoms with van der Waals surface area (Å²) in [5, 5.41) is 18.8. The molecule has 0 aliphatic heterocycles. The number of aromatic nitrogens is 5. The maximum Gasteiger partial charge on any atom is 0.350 e. The third-order valence-electron chi connectivity index (χ3n) is 6.44. The molecule has 174 valence electrons. The van der Waals surface area contributed by atoms with Crippen molar-refractivity contribution in [2.75, 3.05) is 11.9 Å². The third kappa shape index (κ3) is 4.42. The van der Waals surface area contributed by atoms with E-state index in [4.69, 9.17) is 0 Å². The molecule has 0 unspecified atom stereocenters. The highest BCUT2D eigenvalue weighted by Crippen LogP contribution is 2.34. The van der Waals surface area contributed by atoms with E-state index in [1.807, 2.05) is 6.92 Å². The third-order valence-corrected chi connectivity index (χ3v) is 6.44. The molecule has 0 amide bonds. The molecule has 0 spiro atoms. The van der Waals surface area contributed by atoms with Gasteiger partial charge in [-0.25, -0.2) is 14.2 Å². The van der Waals surface area contributed by atoms with Gasteiger partial charge in [-0.1, -0.05) is 25.8 Å². The van der Waals surface area contributed by atoms with Gasteiger partial charge < -0.3 is 10.0 Å². The molecule has 0 radical (unpaired) electrons. The Bertz CT molecular complexity index is 1200. The quantitative estimate of drug-likeness (QED) is 0.587. The lowest BCUT2D eigenvalue weighted by atomic mass is 9.82. The molecule has 1 saturated carbocycles. The first-order chi connectivity index (χ1) is 15.8. The normalized spacial score (nSPS) is 20.6. The van der Waals surface area contributed by atoms with Crippen molar-refractivity contribution >= 4 is 5.82 Å². The zero-order valence-electron chi connectivity index (χ0n) is 18.7. The zero-order chi connectivity index (χ0) is 23.7. The number of phenolic OH excluding ortho intramolecular Hbond substituents is 1. The molecule has 2 heterocycles. The highest BCUT2D eigenvalue weighted by atomic mass is 19.1. The van der Waals surface area contributed by atoms with Crippen LogP contribution in [0.15, 0.2) is 35.3 Å². The smallest absolute Gasteiger partial charge is 0.350 e. The number of anilines is 1. The molecule has 3 aromatic rings. The first-order valence-corrected chi connectivity index (χ1v) is 10.9. The molecule has 4 rings (SSSR count). The lowest BCUT2D eigenvalue weighted by molar-refractivity contribution is 0.134. The predicted molar refractivity (Wildman–Crippen MR) is 120 cm³/mol. The molecule has 1 aliphatic carbocycles. The van der Waals surface area contributed by atoms with Crippen LogP contribution < -0.4 is 10.6 Å². The van der Waals surface area contributed by atoms with E-state index in [1.54, 1.807) is 24.1 Å². The Balaban J connectivity index is 1.56. The number of aromatic hydroxyl groups is 1. The summed E-state index contributed by atoms with van der Waals surface area (Å²) in [6.07, 6.45) is 4.01. The van der Waals surface area contributed by atoms with Crippen molar-refractivity contribution in [2.24, 2.45) is 13.0 Å². The number of benzene rings is 1. The molecule has 1 N–H and O–H groups in total. The lowest BCUT2D eigenvalue weighted by Crippen LogP contribution is -2.45. The number of halogens is 2. The Morgan fingerprint density at radius 2 is 2.03 bits per heavy atom. The molecule has 1 aliphatic rings. The number of nitrogens with zero attached hydrogens (tertiary/aromatic N) is 6. The number of phenols is 1. The van der Waals surface area contributed by atoms with Gasteiger partial charge in [0.2, 0.25) is 0 Å². The molecule has 10 heteroatoms. The van der Waals surface area contributed by atoms with E-state index in [1.165, 1.54) is 19.3 Å². The predicted octanol–water partition coefficient (Wildman–Crippen LogP) is 3.50. The SMILES string of the molecule is CC[C@@H]1CCC[C@H](N(C)c2cnc(-c3ccc(-c4cc(F)n(C)c(=O)n4)cc3O)nn2)[C@@H]1F. The molecule has 1 aromatic carbocycles. The fraction of sp³-hybridized carbons (Fsp3) is 0.435. The summed E-state index contributed by atoms with van der Waals surface area (Å²) in [5.74, 6) is -0.209. The number of rotatable bonds is 5. The second-order valence-corrected chi connectivity index (χ2v) is 8.40. The summed E-state index contributed by atoms with van der Waals surface area (Å²) < 4.78 is 29.6. The monoisotopic (exact) mass is 456 g/mol. The fourth-order valence-electron chi connectivity index (χ4n) is 4.32. The fourth-order valence-corrected chi connectivity index (χ4v) is 4.32. The van der Waals surface area contributed by atoms with Crippen LogP contribution in [0.4, 0.5) is 14.6 Å². The summed E-state index contributed by atoms with van der Waals surface area (Å²) in [5.41, 5.74) is 0.0532. The summed E-state index contributed by atoms with van der Waals surface area (Å²) in [6.45, 7) is 2.01. The van der Waals surface area contributed by atoms with Crippen LogP contribution in [0.2, 0.25) is 0 Å². The second-order valence-electron chi connectivity index (χ2n) is 8.40. The van der Waals surface area contributed by atoms with Crippen molar-refractivity contribution in [1.82, 2.24) is 24.7 Å². The van der Waals surface area contributed by atoms with E-state index in [0.29, 0.717) is 16.9 Å². The Kier molecular flexibility index (Phi) is 6.35. The molecule has 0 saturated heterocycles. The van der Waals surface area contributed by atoms with Crippen LogP contribution in [0.1, 0.15) is 32.6 Å². The molecule has 1 fully saturated rings. The molecular weight excluding hydrogens is 430 g/mol. The van der Waals surface area contributed by atoms with Gasteiger partial charge in [-0.3, -0.25) is 4.57 Å². The van der Waals surface area contributed by atoms with Gasteiger partial charge in [-0.05, 0) is 30.9 Å². The maximum atomic E-state index is 14.9. The minimum absolute atomic E-state index is 0.0506. The second kappa shape index (κ2) is 9.21. The summed E-state index contributed by atoms with van der Waals surface area (Å²) >= 11 is 0. The van der Waals surface area contributed by atoms with E-state index in [-0.39, 0.29) is 29.2 Å². The van der Waals surface area contributed by atoms with Crippen molar-refractivity contribution in [3.05, 3.63) is 46.9 Å². The first-order valence-electron chi connectivity index (χ1n) is 10.9. The molecule has 2 aromatic heterocycles. The Labute approximate surface area is 190 Å². The standard InChI is InChI=1S/C23H26F2N6O2/c1-4-13-6-5-7-17(21(13)25)30(2)20-12-26-22(29-28-20)15-9-8-14(10-18(15)32)16-11-19(24)31(3)23(33)27-16/h8-13,17,21,32H,4-7H2,1-3H3/t13-,17+,21-/m1/s1. The Morgan fingerprint density at radius 1 is 1.24 bits per heavy atom. The molecule has 0 bridgehead atoms. The molecule has 8 nitrogen and oxygen atoms in total. The minimum Gasteiger partial charge on any atom is -0.507 e. The van der Waals surface area contributed by atoms with Crippen LogP contribution in [0.3, 0.4) is 0 Å². The van der Waals surface area contributed by atoms with Gasteiger partial charge in [0.15, 0.2) is 17.6 Å². The van der Waals surface area contributed by atoms with Crippen LogP contribution in [0.25, 0.3) is 22.6 Å². The van der Waals surface area contributed by atoms with Crippen molar-refractivity contribution in [2.45, 2.75) is 44.8 Å². The average Bonchev–Trinajstić information content (AvgIpc) is 2.82. The van der Waals surface area contributed by atoms with Crippen LogP contribution >= 0.6 is 0 Å². The molecular formula is C23H26F2N6O2. The van der Waals surface area contributed by atoms with E-state index >= 15 is 0 Å². The topological polar surface area (TPSA) is 97.0 Å². The highest BCUT2D eigenvalue weighted by Gasteiger charge is 2.35. The van der Waals surface area contributed by atoms with Gasteiger partial charge in [-0.15, -0.1) is 10.2 Å². The first kappa shape index (κ1) is 22.8. The van der Waals surface area contributed by atoms with Gasteiger partial charge in [0, 0.05) is 25.7 Å². The van der Waals surface area contributed by atoms with E-state index in [9.17, 15) is 18.7 Å². The van der Waals surface area contributed by atoms with Crippen LogP contribution in [0.5, 0.6) is 5.75 Å². The van der Waals surface area contributed by atoms with E-state index in [2.05, 4.69) is 20.2 Å². The summed E-state index contributed by atoms with van der Waals surface area (Å²) in [6, 6.07) is 5.34. The van der Waals surface area contributed by atoms with Crippen molar-refractivity contribution in [1.29, 1.82) is 0 Å². The van der Waals surface area contributed by atoms with E-state index in [0.717, 1.165) is 36.3 Å². The van der Waals surface area contributed by atoms with Gasteiger partial charge in [0.05, 0.1) is 23.5 Å². The number of alkyl halides is 1. The van der Waals surface area contributed by atoms with Crippen LogP contribution in [0, 0.1) is 11.9 Å². The number of hydrogen-bond acceptors (Lipinski definition) is 7. The molecule has 33 heavy (non-hydrogen) atoms. The van der Waals surface area contributed by atoms with Crippen LogP contribution in [-0.2, 0) is 7.05 Å². The van der Waals surface area contributed by atoms with Gasteiger partial charge in [0.25, 0.3) is 0 Å². The highest BCUT2D eigenvalue weighted by molar-refractivity contribution is 5.71. The summed E-state index contributed by atoms with van der Waals surface area (Å²) in [4.78, 5) is 21.7.